The van der Waals surface area contributed by atoms with Gasteiger partial charge in [-0.1, -0.05) is 0 Å². The van der Waals surface area contributed by atoms with E-state index in [-0.39, 0.29) is 12.6 Å². The van der Waals surface area contributed by atoms with E-state index in [1.165, 1.54) is 6.42 Å². The summed E-state index contributed by atoms with van der Waals surface area (Å²) in [5.41, 5.74) is 1.89. The highest BCUT2D eigenvalue weighted by Gasteiger charge is 2.22. The highest BCUT2D eigenvalue weighted by Crippen LogP contribution is 2.17. The van der Waals surface area contributed by atoms with Gasteiger partial charge in [0.25, 0.3) is 0 Å². The van der Waals surface area contributed by atoms with Crippen molar-refractivity contribution in [2.24, 2.45) is 0 Å². The number of carbonyl (C=O) groups is 1. The highest BCUT2D eigenvalue weighted by atomic mass is 16.3. The van der Waals surface area contributed by atoms with Gasteiger partial charge < -0.3 is 20.6 Å². The maximum atomic E-state index is 11.9. The van der Waals surface area contributed by atoms with Gasteiger partial charge in [0.05, 0.1) is 6.61 Å². The van der Waals surface area contributed by atoms with E-state index in [2.05, 4.69) is 15.5 Å². The number of aliphatic hydroxyl groups excluding tert-OH is 1. The number of benzene rings is 1. The van der Waals surface area contributed by atoms with E-state index in [1.54, 1.807) is 0 Å². The molecule has 2 rings (SSSR count). The summed E-state index contributed by atoms with van der Waals surface area (Å²) in [6.45, 7) is 3.01. The number of amides is 2. The van der Waals surface area contributed by atoms with Crippen molar-refractivity contribution < 1.29 is 9.90 Å². The molecule has 6 heteroatoms. The van der Waals surface area contributed by atoms with Gasteiger partial charge in [0.15, 0.2) is 0 Å². The average Bonchev–Trinajstić information content (AvgIpc) is 3.02. The molecule has 1 saturated heterocycles. The lowest BCUT2D eigenvalue weighted by Crippen LogP contribution is -2.34. The molecule has 6 nitrogen and oxygen atoms in total. The molecule has 0 radical (unpaired) electrons. The third-order valence-corrected chi connectivity index (χ3v) is 4.51. The average molecular weight is 334 g/mol. The van der Waals surface area contributed by atoms with Crippen molar-refractivity contribution in [3.05, 3.63) is 24.3 Å². The third-order valence-electron chi connectivity index (χ3n) is 4.51. The summed E-state index contributed by atoms with van der Waals surface area (Å²) in [7, 11) is 3.97. The van der Waals surface area contributed by atoms with Crippen molar-refractivity contribution in [3.63, 3.8) is 0 Å². The second kappa shape index (κ2) is 9.49. The van der Waals surface area contributed by atoms with Crippen LogP contribution in [-0.4, -0.2) is 62.4 Å². The van der Waals surface area contributed by atoms with Gasteiger partial charge in [-0.25, -0.2) is 4.79 Å². The molecule has 2 amide bonds. The van der Waals surface area contributed by atoms with E-state index in [0.717, 1.165) is 43.7 Å². The lowest BCUT2D eigenvalue weighted by Gasteiger charge is -2.22. The number of likely N-dealkylation sites (tertiary alicyclic amines) is 1. The number of anilines is 2. The summed E-state index contributed by atoms with van der Waals surface area (Å²) < 4.78 is 0. The molecular formula is C18H30N4O2. The first kappa shape index (κ1) is 18.5. The quantitative estimate of drug-likeness (QED) is 0.637. The first-order valence-electron chi connectivity index (χ1n) is 8.77. The van der Waals surface area contributed by atoms with E-state index < -0.39 is 0 Å². The zero-order valence-corrected chi connectivity index (χ0v) is 14.8. The minimum absolute atomic E-state index is 0.165. The lowest BCUT2D eigenvalue weighted by atomic mass is 10.2. The molecule has 1 aromatic rings. The Bertz CT molecular complexity index is 504. The van der Waals surface area contributed by atoms with Gasteiger partial charge in [-0.15, -0.1) is 0 Å². The maximum Gasteiger partial charge on any atom is 0.319 e. The molecule has 1 aliphatic heterocycles. The van der Waals surface area contributed by atoms with Gasteiger partial charge in [-0.3, -0.25) is 4.90 Å². The van der Waals surface area contributed by atoms with Crippen LogP contribution in [0.1, 0.15) is 25.7 Å². The number of nitrogens with zero attached hydrogens (tertiary/aromatic N) is 2. The molecule has 0 aromatic heterocycles. The molecule has 0 spiro atoms. The smallest absolute Gasteiger partial charge is 0.319 e. The first-order chi connectivity index (χ1) is 11.6. The zero-order valence-electron chi connectivity index (χ0n) is 14.8. The third kappa shape index (κ3) is 5.69. The molecule has 3 N–H and O–H groups in total. The van der Waals surface area contributed by atoms with Gasteiger partial charge in [0.1, 0.15) is 0 Å². The summed E-state index contributed by atoms with van der Waals surface area (Å²) in [5, 5.41) is 15.0. The molecular weight excluding hydrogens is 304 g/mol. The fourth-order valence-corrected chi connectivity index (χ4v) is 3.06. The maximum absolute atomic E-state index is 11.9. The minimum atomic E-state index is -0.165. The number of rotatable bonds is 8. The zero-order chi connectivity index (χ0) is 17.4. The summed E-state index contributed by atoms with van der Waals surface area (Å²) in [4.78, 5) is 16.2. The van der Waals surface area contributed by atoms with Crippen molar-refractivity contribution in [2.45, 2.75) is 31.7 Å². The van der Waals surface area contributed by atoms with Crippen LogP contribution in [0.3, 0.4) is 0 Å². The minimum Gasteiger partial charge on any atom is -0.395 e. The largest absolute Gasteiger partial charge is 0.395 e. The van der Waals surface area contributed by atoms with Gasteiger partial charge in [0, 0.05) is 38.1 Å². The van der Waals surface area contributed by atoms with E-state index in [1.807, 2.05) is 43.3 Å². The summed E-state index contributed by atoms with van der Waals surface area (Å²) >= 11 is 0. The van der Waals surface area contributed by atoms with Crippen LogP contribution >= 0.6 is 0 Å². The molecule has 1 fully saturated rings. The monoisotopic (exact) mass is 334 g/mol. The van der Waals surface area contributed by atoms with Crippen LogP contribution in [0.15, 0.2) is 24.3 Å². The second-order valence-electron chi connectivity index (χ2n) is 6.54. The standard InChI is InChI=1S/C18H30N4O2/c1-21(2)16-9-7-15(8-10-16)20-18(24)19-11-3-4-12-22-13-5-6-17(22)14-23/h7-10,17,23H,3-6,11-14H2,1-2H3,(H2,19,20,24). The van der Waals surface area contributed by atoms with E-state index >= 15 is 0 Å². The Hall–Kier alpha value is -1.79. The molecule has 1 unspecified atom stereocenters. The van der Waals surface area contributed by atoms with Crippen molar-refractivity contribution in [2.75, 3.05) is 50.6 Å². The van der Waals surface area contributed by atoms with Crippen LogP contribution < -0.4 is 15.5 Å². The Balaban J connectivity index is 1.59. The topological polar surface area (TPSA) is 67.8 Å². The molecule has 1 atom stereocenters. The van der Waals surface area contributed by atoms with E-state index in [4.69, 9.17) is 0 Å². The number of aliphatic hydroxyl groups is 1. The molecule has 1 aliphatic rings. The van der Waals surface area contributed by atoms with Gasteiger partial charge in [-0.2, -0.15) is 0 Å². The van der Waals surface area contributed by atoms with E-state index in [0.29, 0.717) is 12.6 Å². The summed E-state index contributed by atoms with van der Waals surface area (Å²) in [6, 6.07) is 7.93. The Morgan fingerprint density at radius 3 is 2.71 bits per heavy atom. The number of urea groups is 1. The van der Waals surface area contributed by atoms with Gasteiger partial charge >= 0.3 is 6.03 Å². The van der Waals surface area contributed by atoms with Crippen LogP contribution in [0.25, 0.3) is 0 Å². The van der Waals surface area contributed by atoms with Gasteiger partial charge in [0.2, 0.25) is 0 Å². The molecule has 1 aromatic carbocycles. The van der Waals surface area contributed by atoms with Gasteiger partial charge in [-0.05, 0) is 63.0 Å². The fraction of sp³-hybridized carbons (Fsp3) is 0.611. The first-order valence-corrected chi connectivity index (χ1v) is 8.77. The molecule has 24 heavy (non-hydrogen) atoms. The van der Waals surface area contributed by atoms with Crippen molar-refractivity contribution in [1.82, 2.24) is 10.2 Å². The molecule has 0 aliphatic carbocycles. The predicted molar refractivity (Wildman–Crippen MR) is 98.7 cm³/mol. The fourth-order valence-electron chi connectivity index (χ4n) is 3.06. The number of nitrogens with one attached hydrogen (secondary N) is 2. The predicted octanol–water partition coefficient (Wildman–Crippen LogP) is 2.11. The van der Waals surface area contributed by atoms with Crippen molar-refractivity contribution in [1.29, 1.82) is 0 Å². The Labute approximate surface area is 144 Å². The number of hydrogen-bond acceptors (Lipinski definition) is 4. The van der Waals surface area contributed by atoms with Crippen LogP contribution in [0.5, 0.6) is 0 Å². The summed E-state index contributed by atoms with van der Waals surface area (Å²) in [5.74, 6) is 0. The van der Waals surface area contributed by atoms with E-state index in [9.17, 15) is 9.90 Å². The number of carbonyl (C=O) groups excluding carboxylic acids is 1. The van der Waals surface area contributed by atoms with Crippen molar-refractivity contribution in [3.8, 4) is 0 Å². The van der Waals surface area contributed by atoms with Crippen LogP contribution in [-0.2, 0) is 0 Å². The second-order valence-corrected chi connectivity index (χ2v) is 6.54. The Morgan fingerprint density at radius 1 is 1.29 bits per heavy atom. The Kier molecular flexibility index (Phi) is 7.34. The molecule has 1 heterocycles. The normalized spacial score (nSPS) is 17.7. The Morgan fingerprint density at radius 2 is 2.04 bits per heavy atom. The van der Waals surface area contributed by atoms with Crippen LogP contribution in [0, 0.1) is 0 Å². The number of unbranched alkanes of at least 4 members (excludes halogenated alkanes) is 1. The highest BCUT2D eigenvalue weighted by molar-refractivity contribution is 5.89. The van der Waals surface area contributed by atoms with Crippen molar-refractivity contribution >= 4 is 17.4 Å². The molecule has 0 saturated carbocycles. The SMILES string of the molecule is CN(C)c1ccc(NC(=O)NCCCCN2CCCC2CO)cc1. The van der Waals surface area contributed by atoms with Crippen LogP contribution in [0.2, 0.25) is 0 Å². The number of hydrogen-bond donors (Lipinski definition) is 3. The van der Waals surface area contributed by atoms with Crippen LogP contribution in [0.4, 0.5) is 16.2 Å². The molecule has 134 valence electrons. The molecule has 0 bridgehead atoms. The lowest BCUT2D eigenvalue weighted by molar-refractivity contribution is 0.157. The summed E-state index contributed by atoms with van der Waals surface area (Å²) in [6.07, 6.45) is 4.26.